The van der Waals surface area contributed by atoms with Crippen LogP contribution < -0.4 is 5.32 Å². The molecule has 0 fully saturated rings. The third-order valence-electron chi connectivity index (χ3n) is 6.95. The van der Waals surface area contributed by atoms with Gasteiger partial charge in [0.25, 0.3) is 0 Å². The highest BCUT2D eigenvalue weighted by Gasteiger charge is 2.41. The minimum absolute atomic E-state index is 0.00281. The van der Waals surface area contributed by atoms with E-state index >= 15 is 0 Å². The van der Waals surface area contributed by atoms with Crippen molar-refractivity contribution >= 4 is 11.9 Å². The molecule has 0 aromatic heterocycles. The Balaban J connectivity index is 2.06. The van der Waals surface area contributed by atoms with Crippen molar-refractivity contribution in [2.75, 3.05) is 7.05 Å². The lowest BCUT2D eigenvalue weighted by Crippen LogP contribution is -2.41. The van der Waals surface area contributed by atoms with E-state index in [-0.39, 0.29) is 48.6 Å². The lowest BCUT2D eigenvalue weighted by atomic mass is 9.65. The molecule has 8 atom stereocenters. The molecular weight excluding hydrogens is 394 g/mol. The van der Waals surface area contributed by atoms with E-state index in [1.165, 1.54) is 12.6 Å². The van der Waals surface area contributed by atoms with Gasteiger partial charge in [-0.25, -0.2) is 0 Å². The van der Waals surface area contributed by atoms with E-state index < -0.39 is 12.2 Å². The molecule has 0 radical (unpaired) electrons. The fraction of sp³-hybridized carbons (Fsp3) is 0.760. The summed E-state index contributed by atoms with van der Waals surface area (Å²) in [5.41, 5.74) is 1.23. The van der Waals surface area contributed by atoms with E-state index in [1.54, 1.807) is 0 Å². The SMILES string of the molecule is CCC(C)C(=O)O[C@H]1C[C@@H](C)C=C2C=C[C@H](C)[C@H](CC[C@@H](O)C[C@@H](O)CC(=O)NC)[C@H]21. The molecule has 6 heteroatoms. The number of amides is 1. The summed E-state index contributed by atoms with van der Waals surface area (Å²) in [4.78, 5) is 24.0. The lowest BCUT2D eigenvalue weighted by Gasteiger charge is -2.43. The molecule has 0 saturated heterocycles. The molecule has 0 heterocycles. The maximum Gasteiger partial charge on any atom is 0.308 e. The van der Waals surface area contributed by atoms with Gasteiger partial charge in [-0.05, 0) is 55.4 Å². The number of carbonyl (C=O) groups is 2. The van der Waals surface area contributed by atoms with Crippen molar-refractivity contribution in [2.24, 2.45) is 29.6 Å². The van der Waals surface area contributed by atoms with Gasteiger partial charge in [-0.15, -0.1) is 0 Å². The monoisotopic (exact) mass is 435 g/mol. The molecule has 0 bridgehead atoms. The van der Waals surface area contributed by atoms with Crippen LogP contribution in [0.15, 0.2) is 23.8 Å². The average molecular weight is 436 g/mol. The van der Waals surface area contributed by atoms with E-state index in [0.29, 0.717) is 18.3 Å². The molecule has 0 aromatic carbocycles. The van der Waals surface area contributed by atoms with Gasteiger partial charge in [-0.3, -0.25) is 9.59 Å². The van der Waals surface area contributed by atoms with Gasteiger partial charge in [0.15, 0.2) is 0 Å². The largest absolute Gasteiger partial charge is 0.461 e. The summed E-state index contributed by atoms with van der Waals surface area (Å²) in [5, 5.41) is 23.0. The van der Waals surface area contributed by atoms with E-state index in [0.717, 1.165) is 19.3 Å². The summed E-state index contributed by atoms with van der Waals surface area (Å²) in [7, 11) is 1.53. The predicted molar refractivity (Wildman–Crippen MR) is 121 cm³/mol. The van der Waals surface area contributed by atoms with Crippen LogP contribution in [0.3, 0.4) is 0 Å². The summed E-state index contributed by atoms with van der Waals surface area (Å²) < 4.78 is 6.03. The van der Waals surface area contributed by atoms with Crippen LogP contribution >= 0.6 is 0 Å². The van der Waals surface area contributed by atoms with Crippen LogP contribution in [-0.4, -0.2) is 47.4 Å². The first-order chi connectivity index (χ1) is 14.7. The number of fused-ring (bicyclic) bond motifs is 1. The zero-order valence-electron chi connectivity index (χ0n) is 19.7. The van der Waals surface area contributed by atoms with Gasteiger partial charge < -0.3 is 20.3 Å². The number of carbonyl (C=O) groups excluding carboxylic acids is 2. The van der Waals surface area contributed by atoms with Gasteiger partial charge in [0.2, 0.25) is 5.91 Å². The van der Waals surface area contributed by atoms with Crippen molar-refractivity contribution in [1.82, 2.24) is 5.32 Å². The minimum Gasteiger partial charge on any atom is -0.461 e. The first-order valence-electron chi connectivity index (χ1n) is 11.8. The molecule has 176 valence electrons. The summed E-state index contributed by atoms with van der Waals surface area (Å²) in [5.74, 6) is 0.579. The fourth-order valence-corrected chi connectivity index (χ4v) is 4.87. The van der Waals surface area contributed by atoms with Crippen LogP contribution in [0, 0.1) is 29.6 Å². The highest BCUT2D eigenvalue weighted by atomic mass is 16.5. The smallest absolute Gasteiger partial charge is 0.308 e. The van der Waals surface area contributed by atoms with Gasteiger partial charge in [0.1, 0.15) is 6.10 Å². The number of aliphatic hydroxyl groups is 2. The standard InChI is InChI=1S/C25H41NO5/c1-6-16(3)25(30)31-22-12-15(2)11-18-8-7-17(4)21(24(18)22)10-9-19(27)13-20(28)14-23(29)26-5/h7-8,11,15-17,19-22,24,27-28H,6,9-10,12-14H2,1-5H3,(H,26,29)/t15-,16?,17-,19+,20+,21-,22-,24-/m0/s1. The van der Waals surface area contributed by atoms with Crippen LogP contribution in [0.2, 0.25) is 0 Å². The van der Waals surface area contributed by atoms with Crippen molar-refractivity contribution < 1.29 is 24.5 Å². The van der Waals surface area contributed by atoms with Gasteiger partial charge in [-0.1, -0.05) is 45.9 Å². The van der Waals surface area contributed by atoms with Gasteiger partial charge >= 0.3 is 5.97 Å². The second-order valence-electron chi connectivity index (χ2n) is 9.57. The third-order valence-corrected chi connectivity index (χ3v) is 6.95. The highest BCUT2D eigenvalue weighted by Crippen LogP contribution is 2.45. The molecule has 0 spiro atoms. The Morgan fingerprint density at radius 2 is 1.97 bits per heavy atom. The Hall–Kier alpha value is -1.66. The molecule has 0 saturated carbocycles. The number of rotatable bonds is 10. The number of allylic oxidation sites excluding steroid dienone is 3. The Morgan fingerprint density at radius 1 is 1.26 bits per heavy atom. The molecule has 2 aliphatic rings. The van der Waals surface area contributed by atoms with E-state index in [9.17, 15) is 19.8 Å². The fourth-order valence-electron chi connectivity index (χ4n) is 4.87. The Kier molecular flexibility index (Phi) is 9.76. The molecular formula is C25H41NO5. The van der Waals surface area contributed by atoms with Crippen LogP contribution in [0.4, 0.5) is 0 Å². The quantitative estimate of drug-likeness (QED) is 0.457. The van der Waals surface area contributed by atoms with Crippen LogP contribution in [0.1, 0.15) is 66.2 Å². The molecule has 2 aliphatic carbocycles. The molecule has 1 unspecified atom stereocenters. The van der Waals surface area contributed by atoms with Crippen LogP contribution in [-0.2, 0) is 14.3 Å². The maximum absolute atomic E-state index is 12.6. The van der Waals surface area contributed by atoms with Crippen molar-refractivity contribution in [2.45, 2.75) is 84.5 Å². The zero-order valence-corrected chi connectivity index (χ0v) is 19.7. The third kappa shape index (κ3) is 7.18. The number of ether oxygens (including phenoxy) is 1. The van der Waals surface area contributed by atoms with Crippen LogP contribution in [0.5, 0.6) is 0 Å². The highest BCUT2D eigenvalue weighted by molar-refractivity contribution is 5.76. The minimum atomic E-state index is -0.853. The molecule has 3 N–H and O–H groups in total. The number of aliphatic hydroxyl groups excluding tert-OH is 2. The van der Waals surface area contributed by atoms with Gasteiger partial charge in [0, 0.05) is 13.0 Å². The first-order valence-corrected chi connectivity index (χ1v) is 11.8. The maximum atomic E-state index is 12.6. The molecule has 2 rings (SSSR count). The summed E-state index contributed by atoms with van der Waals surface area (Å²) >= 11 is 0. The summed E-state index contributed by atoms with van der Waals surface area (Å²) in [6, 6.07) is 0. The van der Waals surface area contributed by atoms with Gasteiger partial charge in [0.05, 0.1) is 24.5 Å². The van der Waals surface area contributed by atoms with E-state index in [4.69, 9.17) is 4.74 Å². The zero-order chi connectivity index (χ0) is 23.1. The second-order valence-corrected chi connectivity index (χ2v) is 9.57. The predicted octanol–water partition coefficient (Wildman–Crippen LogP) is 3.38. The molecule has 31 heavy (non-hydrogen) atoms. The first kappa shape index (κ1) is 25.6. The van der Waals surface area contributed by atoms with Crippen molar-refractivity contribution in [1.29, 1.82) is 0 Å². The molecule has 0 aliphatic heterocycles. The van der Waals surface area contributed by atoms with Crippen molar-refractivity contribution in [3.63, 3.8) is 0 Å². The Morgan fingerprint density at radius 3 is 2.61 bits per heavy atom. The summed E-state index contributed by atoms with van der Waals surface area (Å²) in [6.07, 6.45) is 8.08. The number of hydrogen-bond acceptors (Lipinski definition) is 5. The van der Waals surface area contributed by atoms with Crippen LogP contribution in [0.25, 0.3) is 0 Å². The van der Waals surface area contributed by atoms with E-state index in [1.807, 2.05) is 13.8 Å². The molecule has 1 amide bonds. The van der Waals surface area contributed by atoms with Gasteiger partial charge in [-0.2, -0.15) is 0 Å². The van der Waals surface area contributed by atoms with E-state index in [2.05, 4.69) is 37.4 Å². The van der Waals surface area contributed by atoms with Crippen molar-refractivity contribution in [3.8, 4) is 0 Å². The number of esters is 1. The molecule has 0 aromatic rings. The lowest BCUT2D eigenvalue weighted by molar-refractivity contribution is -0.158. The average Bonchev–Trinajstić information content (AvgIpc) is 2.72. The topological polar surface area (TPSA) is 95.9 Å². The summed E-state index contributed by atoms with van der Waals surface area (Å²) in [6.45, 7) is 8.24. The molecule has 6 nitrogen and oxygen atoms in total. The Labute approximate surface area is 187 Å². The van der Waals surface area contributed by atoms with Crippen molar-refractivity contribution in [3.05, 3.63) is 23.8 Å². The Bertz CT molecular complexity index is 673. The normalized spacial score (nSPS) is 30.5. The number of nitrogens with one attached hydrogen (secondary N) is 1. The number of hydrogen-bond donors (Lipinski definition) is 3. The second kappa shape index (κ2) is 11.8.